The van der Waals surface area contributed by atoms with Gasteiger partial charge in [0.15, 0.2) is 0 Å². The minimum absolute atomic E-state index is 0.0803. The second-order valence-electron chi connectivity index (χ2n) is 5.86. The zero-order chi connectivity index (χ0) is 16.3. The molecule has 0 aliphatic rings. The smallest absolute Gasteiger partial charge is 0.247 e. The standard InChI is InChI=1S/C17H24N4O/c1-11(2)21-16(9-10-18-21)20-17(22)14(5)19-15-8-6-7-12(3)13(15)4/h6-11,14,19H,1-5H3,(H,20,22). The van der Waals surface area contributed by atoms with Crippen molar-refractivity contribution in [3.63, 3.8) is 0 Å². The average molecular weight is 300 g/mol. The Hall–Kier alpha value is -2.30. The van der Waals surface area contributed by atoms with E-state index in [0.29, 0.717) is 0 Å². The predicted molar refractivity (Wildman–Crippen MR) is 90.2 cm³/mol. The molecule has 1 unspecified atom stereocenters. The Morgan fingerprint density at radius 1 is 1.18 bits per heavy atom. The number of nitrogens with one attached hydrogen (secondary N) is 2. The monoisotopic (exact) mass is 300 g/mol. The Kier molecular flexibility index (Phi) is 4.85. The van der Waals surface area contributed by atoms with E-state index in [1.54, 1.807) is 10.9 Å². The fourth-order valence-electron chi connectivity index (χ4n) is 2.27. The Morgan fingerprint density at radius 2 is 1.91 bits per heavy atom. The number of nitrogens with zero attached hydrogens (tertiary/aromatic N) is 2. The molecule has 0 bridgehead atoms. The first-order chi connectivity index (χ1) is 10.4. The molecule has 2 N–H and O–H groups in total. The molecule has 5 nitrogen and oxygen atoms in total. The van der Waals surface area contributed by atoms with Crippen LogP contribution in [0.5, 0.6) is 0 Å². The Balaban J connectivity index is 2.06. The van der Waals surface area contributed by atoms with Gasteiger partial charge in [0.1, 0.15) is 11.9 Å². The number of amides is 1. The number of hydrogen-bond donors (Lipinski definition) is 2. The van der Waals surface area contributed by atoms with Crippen LogP contribution >= 0.6 is 0 Å². The van der Waals surface area contributed by atoms with Crippen LogP contribution in [-0.2, 0) is 4.79 Å². The molecule has 0 fully saturated rings. The highest BCUT2D eigenvalue weighted by Gasteiger charge is 2.16. The number of hydrogen-bond acceptors (Lipinski definition) is 3. The quantitative estimate of drug-likeness (QED) is 0.888. The van der Waals surface area contributed by atoms with E-state index in [9.17, 15) is 4.79 Å². The molecule has 0 aliphatic heterocycles. The van der Waals surface area contributed by atoms with Crippen molar-refractivity contribution in [2.45, 2.75) is 46.7 Å². The Bertz CT molecular complexity index is 660. The number of benzene rings is 1. The van der Waals surface area contributed by atoms with Gasteiger partial charge in [-0.15, -0.1) is 0 Å². The van der Waals surface area contributed by atoms with Crippen molar-refractivity contribution in [3.05, 3.63) is 41.6 Å². The fraction of sp³-hybridized carbons (Fsp3) is 0.412. The number of aromatic nitrogens is 2. The molecule has 2 rings (SSSR count). The molecular weight excluding hydrogens is 276 g/mol. The van der Waals surface area contributed by atoms with Crippen molar-refractivity contribution in [2.75, 3.05) is 10.6 Å². The summed E-state index contributed by atoms with van der Waals surface area (Å²) >= 11 is 0. The number of carbonyl (C=O) groups is 1. The van der Waals surface area contributed by atoms with Gasteiger partial charge in [-0.25, -0.2) is 4.68 Å². The third kappa shape index (κ3) is 3.47. The van der Waals surface area contributed by atoms with Gasteiger partial charge in [-0.05, 0) is 51.8 Å². The molecule has 1 heterocycles. The van der Waals surface area contributed by atoms with E-state index in [0.717, 1.165) is 17.1 Å². The lowest BCUT2D eigenvalue weighted by Crippen LogP contribution is -2.33. The van der Waals surface area contributed by atoms with Gasteiger partial charge in [0, 0.05) is 17.8 Å². The molecule has 0 aliphatic carbocycles. The summed E-state index contributed by atoms with van der Waals surface area (Å²) < 4.78 is 1.79. The average Bonchev–Trinajstić information content (AvgIpc) is 2.92. The predicted octanol–water partition coefficient (Wildman–Crippen LogP) is 3.52. The van der Waals surface area contributed by atoms with Crippen molar-refractivity contribution in [1.82, 2.24) is 9.78 Å². The van der Waals surface area contributed by atoms with Gasteiger partial charge in [-0.1, -0.05) is 12.1 Å². The SMILES string of the molecule is Cc1cccc(NC(C)C(=O)Nc2ccnn2C(C)C)c1C. The van der Waals surface area contributed by atoms with Crippen LogP contribution in [0.25, 0.3) is 0 Å². The third-order valence-electron chi connectivity index (χ3n) is 3.78. The number of carbonyl (C=O) groups excluding carboxylic acids is 1. The summed E-state index contributed by atoms with van der Waals surface area (Å²) in [6.07, 6.45) is 1.69. The van der Waals surface area contributed by atoms with Crippen molar-refractivity contribution >= 4 is 17.4 Å². The molecule has 5 heteroatoms. The molecule has 0 radical (unpaired) electrons. The Morgan fingerprint density at radius 3 is 2.59 bits per heavy atom. The van der Waals surface area contributed by atoms with Crippen LogP contribution < -0.4 is 10.6 Å². The van der Waals surface area contributed by atoms with E-state index in [-0.39, 0.29) is 18.0 Å². The normalized spacial score (nSPS) is 12.3. The maximum Gasteiger partial charge on any atom is 0.247 e. The molecular formula is C17H24N4O. The molecule has 1 amide bonds. The summed E-state index contributed by atoms with van der Waals surface area (Å²) in [7, 11) is 0. The highest BCUT2D eigenvalue weighted by Crippen LogP contribution is 2.19. The molecule has 0 saturated heterocycles. The van der Waals surface area contributed by atoms with Crippen molar-refractivity contribution in [2.24, 2.45) is 0 Å². The first-order valence-electron chi connectivity index (χ1n) is 7.57. The van der Waals surface area contributed by atoms with Gasteiger partial charge in [-0.3, -0.25) is 4.79 Å². The lowest BCUT2D eigenvalue weighted by Gasteiger charge is -2.18. The van der Waals surface area contributed by atoms with E-state index in [1.165, 1.54) is 5.56 Å². The molecule has 118 valence electrons. The number of aryl methyl sites for hydroxylation is 1. The number of rotatable bonds is 5. The van der Waals surface area contributed by atoms with Gasteiger partial charge in [0.25, 0.3) is 0 Å². The molecule has 2 aromatic rings. The van der Waals surface area contributed by atoms with Crippen LogP contribution in [0.15, 0.2) is 30.5 Å². The van der Waals surface area contributed by atoms with Crippen LogP contribution in [0, 0.1) is 13.8 Å². The zero-order valence-electron chi connectivity index (χ0n) is 13.8. The van der Waals surface area contributed by atoms with Gasteiger partial charge < -0.3 is 10.6 Å². The minimum atomic E-state index is -0.337. The highest BCUT2D eigenvalue weighted by atomic mass is 16.2. The molecule has 1 aromatic heterocycles. The highest BCUT2D eigenvalue weighted by molar-refractivity contribution is 5.95. The van der Waals surface area contributed by atoms with Crippen molar-refractivity contribution < 1.29 is 4.79 Å². The molecule has 0 spiro atoms. The largest absolute Gasteiger partial charge is 0.374 e. The zero-order valence-corrected chi connectivity index (χ0v) is 13.8. The fourth-order valence-corrected chi connectivity index (χ4v) is 2.27. The van der Waals surface area contributed by atoms with Gasteiger partial charge in [-0.2, -0.15) is 5.10 Å². The lowest BCUT2D eigenvalue weighted by atomic mass is 10.1. The summed E-state index contributed by atoms with van der Waals surface area (Å²) in [5.41, 5.74) is 3.35. The lowest BCUT2D eigenvalue weighted by molar-refractivity contribution is -0.116. The van der Waals surface area contributed by atoms with Gasteiger partial charge in [0.2, 0.25) is 5.91 Å². The van der Waals surface area contributed by atoms with Crippen LogP contribution in [0.2, 0.25) is 0 Å². The molecule has 22 heavy (non-hydrogen) atoms. The van der Waals surface area contributed by atoms with Gasteiger partial charge >= 0.3 is 0 Å². The number of anilines is 2. The van der Waals surface area contributed by atoms with Crippen LogP contribution in [-0.4, -0.2) is 21.7 Å². The topological polar surface area (TPSA) is 59.0 Å². The van der Waals surface area contributed by atoms with Gasteiger partial charge in [0.05, 0.1) is 6.20 Å². The summed E-state index contributed by atoms with van der Waals surface area (Å²) in [4.78, 5) is 12.4. The maximum atomic E-state index is 12.4. The molecule has 0 saturated carbocycles. The summed E-state index contributed by atoms with van der Waals surface area (Å²) in [5, 5.41) is 10.4. The van der Waals surface area contributed by atoms with Crippen LogP contribution in [0.3, 0.4) is 0 Å². The van der Waals surface area contributed by atoms with E-state index in [2.05, 4.69) is 35.6 Å². The van der Waals surface area contributed by atoms with E-state index < -0.39 is 0 Å². The van der Waals surface area contributed by atoms with E-state index >= 15 is 0 Å². The van der Waals surface area contributed by atoms with Crippen molar-refractivity contribution in [1.29, 1.82) is 0 Å². The van der Waals surface area contributed by atoms with Crippen molar-refractivity contribution in [3.8, 4) is 0 Å². The van der Waals surface area contributed by atoms with E-state index in [4.69, 9.17) is 0 Å². The summed E-state index contributed by atoms with van der Waals surface area (Å²) in [5.74, 6) is 0.637. The second-order valence-corrected chi connectivity index (χ2v) is 5.86. The first kappa shape index (κ1) is 16.1. The maximum absolute atomic E-state index is 12.4. The minimum Gasteiger partial charge on any atom is -0.374 e. The summed E-state index contributed by atoms with van der Waals surface area (Å²) in [6.45, 7) is 10.0. The second kappa shape index (κ2) is 6.64. The van der Waals surface area contributed by atoms with E-state index in [1.807, 2.05) is 39.0 Å². The first-order valence-corrected chi connectivity index (χ1v) is 7.57. The molecule has 1 aromatic carbocycles. The van der Waals surface area contributed by atoms with Crippen LogP contribution in [0.1, 0.15) is 37.9 Å². The third-order valence-corrected chi connectivity index (χ3v) is 3.78. The molecule has 1 atom stereocenters. The summed E-state index contributed by atoms with van der Waals surface area (Å²) in [6, 6.07) is 7.71. The Labute approximate surface area is 131 Å². The van der Waals surface area contributed by atoms with Crippen LogP contribution in [0.4, 0.5) is 11.5 Å².